The second-order valence-electron chi connectivity index (χ2n) is 22.5. The Bertz CT molecular complexity index is 3410. The third-order valence-corrected chi connectivity index (χ3v) is 18.3. The molecule has 6 aromatic rings. The van der Waals surface area contributed by atoms with Crippen molar-refractivity contribution < 1.29 is 51.0 Å². The fourth-order valence-corrected chi connectivity index (χ4v) is 13.3. The molecule has 10 rings (SSSR count). The number of alkyl halides is 1. The van der Waals surface area contributed by atoms with Crippen LogP contribution in [-0.2, 0) is 31.1 Å². The number of anilines is 2. The largest absolute Gasteiger partial charge is 0.391 e. The highest BCUT2D eigenvalue weighted by molar-refractivity contribution is 7.90. The Hall–Kier alpha value is -6.80. The molecule has 5 atom stereocenters. The van der Waals surface area contributed by atoms with Crippen LogP contribution in [0.25, 0.3) is 32.6 Å². The molecule has 4 aliphatic rings. The van der Waals surface area contributed by atoms with Gasteiger partial charge in [-0.05, 0) is 72.2 Å². The number of aryl methyl sites for hydroxylation is 1. The smallest absolute Gasteiger partial charge is 0.301 e. The van der Waals surface area contributed by atoms with Gasteiger partial charge in [0.25, 0.3) is 0 Å². The first-order valence-corrected chi connectivity index (χ1v) is 29.4. The van der Waals surface area contributed by atoms with Crippen molar-refractivity contribution in [2.24, 2.45) is 5.41 Å². The van der Waals surface area contributed by atoms with Gasteiger partial charge < -0.3 is 35.6 Å². The maximum absolute atomic E-state index is 15.9. The third kappa shape index (κ3) is 12.5. The number of nitrogens with zero attached hydrogens (tertiary/aromatic N) is 7. The number of piperidine rings is 1. The summed E-state index contributed by atoms with van der Waals surface area (Å²) in [5.41, 5.74) is 4.91. The number of carbonyl (C=O) groups is 4. The number of β-amino-alcohol motifs (C(OH)–C–C–N with tert-alkyl or cyclic N) is 2. The molecule has 81 heavy (non-hydrogen) atoms. The summed E-state index contributed by atoms with van der Waals surface area (Å²) in [4.78, 5) is 76.4. The van der Waals surface area contributed by atoms with E-state index in [0.29, 0.717) is 29.0 Å². The van der Waals surface area contributed by atoms with E-state index >= 15 is 8.78 Å². The molecule has 0 bridgehead atoms. The lowest BCUT2D eigenvalue weighted by molar-refractivity contribution is -0.144. The SMILES string of the molecule is Cc1ncsc1-c1ccc(CNC(=O)[C@@H]2C[C@@H](O)CN2C(=O)[C@@H](NC(=O)CN2CCC(N3CCN(c4ccc(-c5cnc6[nH]cc(C(=O)c7c(F)ccc(NS(=O)(=O)N8C[C@H](O)[C@@H](F)C8)c7F)c6c5)cc4)CC3)CC2)C(C)(C)C)cc1. The van der Waals surface area contributed by atoms with Gasteiger partial charge in [-0.2, -0.15) is 12.7 Å². The lowest BCUT2D eigenvalue weighted by Crippen LogP contribution is -2.59. The molecule has 19 nitrogen and oxygen atoms in total. The molecule has 3 aromatic heterocycles. The molecule has 430 valence electrons. The van der Waals surface area contributed by atoms with E-state index in [4.69, 9.17) is 0 Å². The maximum Gasteiger partial charge on any atom is 0.301 e. The number of halogens is 3. The number of pyridine rings is 1. The molecule has 0 saturated carbocycles. The number of amides is 3. The second kappa shape index (κ2) is 23.6. The van der Waals surface area contributed by atoms with Crippen LogP contribution >= 0.6 is 11.3 Å². The number of thiazole rings is 1. The van der Waals surface area contributed by atoms with Crippen molar-refractivity contribution in [2.45, 2.75) is 90.0 Å². The van der Waals surface area contributed by atoms with Crippen LogP contribution in [0.2, 0.25) is 0 Å². The minimum atomic E-state index is -4.57. The van der Waals surface area contributed by atoms with Crippen LogP contribution in [-0.4, -0.2) is 178 Å². The molecule has 7 heterocycles. The Balaban J connectivity index is 0.694. The van der Waals surface area contributed by atoms with Crippen LogP contribution in [0.5, 0.6) is 0 Å². The molecule has 3 amide bonds. The number of ketones is 1. The Labute approximate surface area is 471 Å². The highest BCUT2D eigenvalue weighted by Crippen LogP contribution is 2.33. The van der Waals surface area contributed by atoms with Crippen LogP contribution in [0.1, 0.15) is 67.2 Å². The van der Waals surface area contributed by atoms with Gasteiger partial charge in [0.1, 0.15) is 35.8 Å². The molecule has 0 spiro atoms. The van der Waals surface area contributed by atoms with E-state index in [2.05, 4.69) is 40.3 Å². The van der Waals surface area contributed by atoms with Crippen LogP contribution in [0, 0.1) is 24.0 Å². The number of aliphatic hydroxyl groups is 2. The van der Waals surface area contributed by atoms with E-state index in [1.54, 1.807) is 23.6 Å². The summed E-state index contributed by atoms with van der Waals surface area (Å²) < 4.78 is 73.4. The predicted molar refractivity (Wildman–Crippen MR) is 301 cm³/mol. The van der Waals surface area contributed by atoms with Gasteiger partial charge in [0.15, 0.2) is 5.82 Å². The number of hydrogen-bond donors (Lipinski definition) is 6. The van der Waals surface area contributed by atoms with Gasteiger partial charge in [-0.15, -0.1) is 11.3 Å². The van der Waals surface area contributed by atoms with E-state index in [0.717, 1.165) is 84.1 Å². The zero-order valence-corrected chi connectivity index (χ0v) is 47.0. The van der Waals surface area contributed by atoms with Crippen molar-refractivity contribution in [1.29, 1.82) is 0 Å². The van der Waals surface area contributed by atoms with Gasteiger partial charge in [-0.3, -0.25) is 33.7 Å². The van der Waals surface area contributed by atoms with E-state index in [1.165, 1.54) is 11.1 Å². The van der Waals surface area contributed by atoms with Crippen molar-refractivity contribution in [2.75, 3.05) is 75.1 Å². The molecule has 6 N–H and O–H groups in total. The average molecular weight is 1150 g/mol. The number of nitrogens with one attached hydrogen (secondary N) is 4. The molecule has 4 saturated heterocycles. The number of fused-ring (bicyclic) bond motifs is 1. The van der Waals surface area contributed by atoms with Crippen LogP contribution < -0.4 is 20.3 Å². The van der Waals surface area contributed by atoms with Crippen LogP contribution in [0.15, 0.2) is 84.6 Å². The first-order valence-electron chi connectivity index (χ1n) is 27.1. The Morgan fingerprint density at radius 1 is 0.877 bits per heavy atom. The van der Waals surface area contributed by atoms with Crippen LogP contribution in [0.3, 0.4) is 0 Å². The number of hydrogen-bond acceptors (Lipinski definition) is 14. The van der Waals surface area contributed by atoms with Crippen molar-refractivity contribution in [3.63, 3.8) is 0 Å². The highest BCUT2D eigenvalue weighted by atomic mass is 32.2. The van der Waals surface area contributed by atoms with Crippen molar-refractivity contribution >= 4 is 67.5 Å². The maximum atomic E-state index is 15.9. The molecule has 4 aliphatic heterocycles. The van der Waals surface area contributed by atoms with Gasteiger partial charge in [-0.1, -0.05) is 57.2 Å². The summed E-state index contributed by atoms with van der Waals surface area (Å²) in [5, 5.41) is 26.7. The number of carbonyl (C=O) groups excluding carboxylic acids is 4. The molecule has 4 fully saturated rings. The number of H-pyrrole nitrogens is 1. The zero-order valence-electron chi connectivity index (χ0n) is 45.4. The first-order chi connectivity index (χ1) is 38.6. The minimum Gasteiger partial charge on any atom is -0.391 e. The summed E-state index contributed by atoms with van der Waals surface area (Å²) in [6.07, 6.45) is 0.470. The number of rotatable bonds is 16. The number of piperazine rings is 1. The lowest BCUT2D eigenvalue weighted by atomic mass is 9.85. The van der Waals surface area contributed by atoms with E-state index in [9.17, 15) is 42.2 Å². The molecule has 0 aliphatic carbocycles. The standard InChI is InChI=1S/C57H66F3N11O8S2/c1-33-52(80-32-64-33)36-7-5-34(6-8-36)25-63-55(76)46-24-40(72)28-71(46)56(77)53(57(2,3)4)65-48(74)31-67-17-15-39(16-18-67)69-21-19-68(20-22-69)38-11-9-35(10-12-38)37-23-41-42(27-62-54(41)61-26-37)51(75)49-43(58)13-14-45(50(49)60)66-81(78,79)70-29-44(59)47(73)30-70/h5-14,23,26-27,32,39-40,44,46-47,53,66,72-73H,15-22,24-25,28-31H2,1-4H3,(H,61,62)(H,63,76)(H,65,74)/t40-,44+,46+,47+,53-/m1/s1. The summed E-state index contributed by atoms with van der Waals surface area (Å²) in [6.45, 7) is 11.4. The quantitative estimate of drug-likeness (QED) is 0.0682. The summed E-state index contributed by atoms with van der Waals surface area (Å²) in [6, 6.07) is 17.5. The van der Waals surface area contributed by atoms with Crippen molar-refractivity contribution in [3.05, 3.63) is 119 Å². The number of aromatic nitrogens is 3. The molecule has 3 aromatic carbocycles. The number of benzene rings is 3. The third-order valence-electron chi connectivity index (χ3n) is 15.9. The monoisotopic (exact) mass is 1150 g/mol. The van der Waals surface area contributed by atoms with Gasteiger partial charge in [0, 0.05) is 113 Å². The predicted octanol–water partition coefficient (Wildman–Crippen LogP) is 5.24. The summed E-state index contributed by atoms with van der Waals surface area (Å²) >= 11 is 1.57. The van der Waals surface area contributed by atoms with E-state index < -0.39 is 93.8 Å². The number of aromatic amines is 1. The molecular weight excluding hydrogens is 1090 g/mol. The van der Waals surface area contributed by atoms with E-state index in [1.807, 2.05) is 86.5 Å². The number of likely N-dealkylation sites (tertiary alicyclic amines) is 2. The molecular formula is C57H66F3N11O8S2. The van der Waals surface area contributed by atoms with E-state index in [-0.39, 0.29) is 54.5 Å². The number of aliphatic hydroxyl groups excluding tert-OH is 2. The minimum absolute atomic E-state index is 0.00983. The fraction of sp³-hybridized carbons (Fsp3) is 0.439. The Morgan fingerprint density at radius 3 is 2.23 bits per heavy atom. The average Bonchev–Trinajstić information content (AvgIpc) is 4.49. The Kier molecular flexibility index (Phi) is 16.7. The summed E-state index contributed by atoms with van der Waals surface area (Å²) in [7, 11) is -4.57. The van der Waals surface area contributed by atoms with Gasteiger partial charge in [0.2, 0.25) is 23.5 Å². The molecule has 0 unspecified atom stereocenters. The second-order valence-corrected chi connectivity index (χ2v) is 25.0. The van der Waals surface area contributed by atoms with Gasteiger partial charge in [-0.25, -0.2) is 23.1 Å². The summed E-state index contributed by atoms with van der Waals surface area (Å²) in [5.74, 6) is -4.79. The lowest BCUT2D eigenvalue weighted by Gasteiger charge is -2.43. The first kappa shape index (κ1) is 57.4. The topological polar surface area (TPSA) is 237 Å². The van der Waals surface area contributed by atoms with Crippen molar-refractivity contribution in [1.82, 2.24) is 44.6 Å². The van der Waals surface area contributed by atoms with Gasteiger partial charge in [0.05, 0.1) is 40.0 Å². The molecule has 24 heteroatoms. The van der Waals surface area contributed by atoms with Gasteiger partial charge >= 0.3 is 10.2 Å². The molecule has 0 radical (unpaired) electrons. The fourth-order valence-electron chi connectivity index (χ4n) is 11.3. The zero-order chi connectivity index (χ0) is 57.5. The van der Waals surface area contributed by atoms with Crippen molar-refractivity contribution in [3.8, 4) is 21.6 Å². The van der Waals surface area contributed by atoms with Crippen LogP contribution in [0.4, 0.5) is 24.5 Å². The Morgan fingerprint density at radius 2 is 1.58 bits per heavy atom. The highest BCUT2D eigenvalue weighted by Gasteiger charge is 2.45. The normalized spacial score (nSPS) is 21.1.